The molecule has 0 aliphatic rings. The largest absolute Gasteiger partial charge is 0.349 e. The van der Waals surface area contributed by atoms with Crippen molar-refractivity contribution in [2.24, 2.45) is 5.73 Å². The lowest BCUT2D eigenvalue weighted by Gasteiger charge is -1.97. The van der Waals surface area contributed by atoms with E-state index in [0.717, 1.165) is 5.69 Å². The Morgan fingerprint density at radius 2 is 2.58 bits per heavy atom. The zero-order chi connectivity index (χ0) is 8.97. The molecule has 1 amide bonds. The summed E-state index contributed by atoms with van der Waals surface area (Å²) in [6.07, 6.45) is 0. The van der Waals surface area contributed by atoms with Gasteiger partial charge in [0.25, 0.3) is 5.91 Å². The van der Waals surface area contributed by atoms with E-state index >= 15 is 0 Å². The normalized spacial score (nSPS) is 9.83. The average Bonchev–Trinajstić information content (AvgIpc) is 2.47. The van der Waals surface area contributed by atoms with Crippen molar-refractivity contribution in [3.63, 3.8) is 0 Å². The molecule has 66 valence electrons. The smallest absolute Gasteiger partial charge is 0.271 e. The maximum Gasteiger partial charge on any atom is 0.271 e. The number of amides is 1. The summed E-state index contributed by atoms with van der Waals surface area (Å²) >= 11 is 0. The lowest BCUT2D eigenvalue weighted by atomic mass is 10.3. The van der Waals surface area contributed by atoms with Crippen LogP contribution in [-0.2, 0) is 0 Å². The van der Waals surface area contributed by atoms with Crippen molar-refractivity contribution in [1.29, 1.82) is 0 Å². The lowest BCUT2D eigenvalue weighted by molar-refractivity contribution is 0.0950. The topological polar surface area (TPSA) is 83.8 Å². The van der Waals surface area contributed by atoms with Crippen molar-refractivity contribution in [1.82, 2.24) is 15.5 Å². The van der Waals surface area contributed by atoms with Gasteiger partial charge in [0, 0.05) is 18.8 Å². The van der Waals surface area contributed by atoms with Gasteiger partial charge in [-0.3, -0.25) is 9.89 Å². The molecule has 0 bridgehead atoms. The first-order chi connectivity index (χ1) is 5.74. The predicted octanol–water partition coefficient (Wildman–Crippen LogP) is -0.593. The summed E-state index contributed by atoms with van der Waals surface area (Å²) in [7, 11) is 0. The molecule has 0 aromatic carbocycles. The molecule has 0 aliphatic heterocycles. The molecule has 4 N–H and O–H groups in total. The molecule has 0 spiro atoms. The molecular formula is C7H12N4O. The number of carbonyl (C=O) groups excluding carboxylic acids is 1. The fraction of sp³-hybridized carbons (Fsp3) is 0.429. The number of H-pyrrole nitrogens is 1. The van der Waals surface area contributed by atoms with Gasteiger partial charge < -0.3 is 11.1 Å². The highest BCUT2D eigenvalue weighted by atomic mass is 16.1. The van der Waals surface area contributed by atoms with Crippen LogP contribution in [0.1, 0.15) is 16.2 Å². The third kappa shape index (κ3) is 2.06. The molecule has 1 aromatic rings. The first-order valence-electron chi connectivity index (χ1n) is 3.74. The maximum absolute atomic E-state index is 11.2. The van der Waals surface area contributed by atoms with Crippen LogP contribution in [0.15, 0.2) is 6.07 Å². The van der Waals surface area contributed by atoms with E-state index in [-0.39, 0.29) is 5.91 Å². The number of hydrogen-bond donors (Lipinski definition) is 3. The zero-order valence-electron chi connectivity index (χ0n) is 6.92. The van der Waals surface area contributed by atoms with E-state index in [1.165, 1.54) is 0 Å². The van der Waals surface area contributed by atoms with E-state index in [2.05, 4.69) is 15.5 Å². The molecule has 0 saturated heterocycles. The highest BCUT2D eigenvalue weighted by Gasteiger charge is 2.06. The van der Waals surface area contributed by atoms with Crippen LogP contribution in [0, 0.1) is 6.92 Å². The van der Waals surface area contributed by atoms with E-state index in [4.69, 9.17) is 5.73 Å². The summed E-state index contributed by atoms with van der Waals surface area (Å²) in [6.45, 7) is 2.76. The minimum Gasteiger partial charge on any atom is -0.349 e. The minimum atomic E-state index is -0.190. The van der Waals surface area contributed by atoms with Gasteiger partial charge in [-0.25, -0.2) is 0 Å². The molecule has 1 aromatic heterocycles. The van der Waals surface area contributed by atoms with Crippen molar-refractivity contribution in [2.75, 3.05) is 13.1 Å². The first kappa shape index (κ1) is 8.73. The fourth-order valence-electron chi connectivity index (χ4n) is 0.811. The van der Waals surface area contributed by atoms with Crippen LogP contribution >= 0.6 is 0 Å². The predicted molar refractivity (Wildman–Crippen MR) is 44.7 cm³/mol. The van der Waals surface area contributed by atoms with E-state index in [0.29, 0.717) is 18.8 Å². The van der Waals surface area contributed by atoms with Crippen molar-refractivity contribution < 1.29 is 4.79 Å². The number of nitrogens with two attached hydrogens (primary N) is 1. The zero-order valence-corrected chi connectivity index (χ0v) is 6.92. The molecule has 12 heavy (non-hydrogen) atoms. The van der Waals surface area contributed by atoms with Crippen molar-refractivity contribution in [2.45, 2.75) is 6.92 Å². The number of rotatable bonds is 3. The third-order valence-corrected chi connectivity index (χ3v) is 1.37. The monoisotopic (exact) mass is 168 g/mol. The Labute approximate surface area is 70.3 Å². The highest BCUT2D eigenvalue weighted by molar-refractivity contribution is 5.92. The summed E-state index contributed by atoms with van der Waals surface area (Å²) < 4.78 is 0. The Hall–Kier alpha value is -1.36. The molecule has 0 unspecified atom stereocenters. The van der Waals surface area contributed by atoms with Crippen LogP contribution in [0.5, 0.6) is 0 Å². The average molecular weight is 168 g/mol. The number of nitrogens with one attached hydrogen (secondary N) is 2. The molecule has 1 heterocycles. The maximum atomic E-state index is 11.2. The van der Waals surface area contributed by atoms with Crippen LogP contribution in [-0.4, -0.2) is 29.2 Å². The minimum absolute atomic E-state index is 0.190. The standard InChI is InChI=1S/C7H12N4O/c1-5-4-6(11-10-5)7(12)9-3-2-8/h4H,2-3,8H2,1H3,(H,9,12)(H,10,11). The van der Waals surface area contributed by atoms with Crippen LogP contribution in [0.2, 0.25) is 0 Å². The van der Waals surface area contributed by atoms with Crippen LogP contribution in [0.25, 0.3) is 0 Å². The van der Waals surface area contributed by atoms with Gasteiger partial charge in [-0.1, -0.05) is 0 Å². The van der Waals surface area contributed by atoms with Gasteiger partial charge in [0.1, 0.15) is 5.69 Å². The molecule has 0 fully saturated rings. The molecule has 5 heteroatoms. The number of aromatic nitrogens is 2. The number of aryl methyl sites for hydroxylation is 1. The van der Waals surface area contributed by atoms with Crippen molar-refractivity contribution in [3.05, 3.63) is 17.5 Å². The first-order valence-corrected chi connectivity index (χ1v) is 3.74. The molecule has 5 nitrogen and oxygen atoms in total. The van der Waals surface area contributed by atoms with E-state index in [1.807, 2.05) is 6.92 Å². The van der Waals surface area contributed by atoms with Gasteiger partial charge in [-0.15, -0.1) is 0 Å². The quantitative estimate of drug-likeness (QED) is 0.564. The second kappa shape index (κ2) is 3.87. The second-order valence-corrected chi connectivity index (χ2v) is 2.48. The molecule has 0 atom stereocenters. The lowest BCUT2D eigenvalue weighted by Crippen LogP contribution is -2.29. The van der Waals surface area contributed by atoms with Gasteiger partial charge in [0.05, 0.1) is 0 Å². The number of aromatic amines is 1. The van der Waals surface area contributed by atoms with Crippen molar-refractivity contribution in [3.8, 4) is 0 Å². The molecule has 0 saturated carbocycles. The summed E-state index contributed by atoms with van der Waals surface area (Å²) in [5.41, 5.74) is 6.49. The van der Waals surface area contributed by atoms with Gasteiger partial charge in [0.2, 0.25) is 0 Å². The summed E-state index contributed by atoms with van der Waals surface area (Å²) in [5.74, 6) is -0.190. The fourth-order valence-corrected chi connectivity index (χ4v) is 0.811. The SMILES string of the molecule is Cc1cc(C(=O)NCCN)n[nH]1. The summed E-state index contributed by atoms with van der Waals surface area (Å²) in [4.78, 5) is 11.2. The van der Waals surface area contributed by atoms with Crippen LogP contribution in [0.3, 0.4) is 0 Å². The number of carbonyl (C=O) groups is 1. The van der Waals surface area contributed by atoms with E-state index in [9.17, 15) is 4.79 Å². The Morgan fingerprint density at radius 3 is 3.08 bits per heavy atom. The Kier molecular flexibility index (Phi) is 2.82. The van der Waals surface area contributed by atoms with Crippen molar-refractivity contribution >= 4 is 5.91 Å². The number of hydrogen-bond acceptors (Lipinski definition) is 3. The molecule has 0 radical (unpaired) electrons. The van der Waals surface area contributed by atoms with Gasteiger partial charge >= 0.3 is 0 Å². The molecule has 0 aliphatic carbocycles. The van der Waals surface area contributed by atoms with Gasteiger partial charge in [-0.05, 0) is 13.0 Å². The van der Waals surface area contributed by atoms with Gasteiger partial charge in [0.15, 0.2) is 0 Å². The number of nitrogens with zero attached hydrogens (tertiary/aromatic N) is 1. The summed E-state index contributed by atoms with van der Waals surface area (Å²) in [5, 5.41) is 9.09. The Morgan fingerprint density at radius 1 is 1.83 bits per heavy atom. The summed E-state index contributed by atoms with van der Waals surface area (Å²) in [6, 6.07) is 1.69. The second-order valence-electron chi connectivity index (χ2n) is 2.48. The molecular weight excluding hydrogens is 156 g/mol. The van der Waals surface area contributed by atoms with Crippen LogP contribution in [0.4, 0.5) is 0 Å². The van der Waals surface area contributed by atoms with Crippen LogP contribution < -0.4 is 11.1 Å². The van der Waals surface area contributed by atoms with Gasteiger partial charge in [-0.2, -0.15) is 5.10 Å². The Bertz CT molecular complexity index is 268. The molecule has 1 rings (SSSR count). The Balaban J connectivity index is 2.53. The third-order valence-electron chi connectivity index (χ3n) is 1.37. The van der Waals surface area contributed by atoms with E-state index < -0.39 is 0 Å². The highest BCUT2D eigenvalue weighted by Crippen LogP contribution is 1.96. The van der Waals surface area contributed by atoms with E-state index in [1.54, 1.807) is 6.07 Å².